The van der Waals surface area contributed by atoms with Crippen LogP contribution < -0.4 is 31.1 Å². The third-order valence-electron chi connectivity index (χ3n) is 4.78. The summed E-state index contributed by atoms with van der Waals surface area (Å²) in [6, 6.07) is 13.6. The van der Waals surface area contributed by atoms with Gasteiger partial charge in [-0.1, -0.05) is 43.5 Å². The van der Waals surface area contributed by atoms with Crippen molar-refractivity contribution in [2.75, 3.05) is 13.2 Å². The lowest BCUT2D eigenvalue weighted by Crippen LogP contribution is -2.32. The van der Waals surface area contributed by atoms with Gasteiger partial charge in [0.25, 0.3) is 0 Å². The van der Waals surface area contributed by atoms with Gasteiger partial charge in [-0.3, -0.25) is 10.4 Å². The van der Waals surface area contributed by atoms with Gasteiger partial charge >= 0.3 is 12.1 Å². The van der Waals surface area contributed by atoms with Crippen molar-refractivity contribution in [3.63, 3.8) is 0 Å². The standard InChI is InChI=1S/C23H32N4O6/c28-22(26-30)24-16-18-6-10-20(11-7-18)32-14-4-2-1-3-5-15-33-21-12-8-19(9-13-21)17-25-23(29)27-31/h6-13,30-31H,1-5,14-17H2,(H2,24,26,28)(H2,25,27,29). The molecule has 0 heterocycles. The SMILES string of the molecule is O=C(NO)NCc1ccc(OCCCCCCCOc2ccc(CNC(=O)NO)cc2)cc1. The fraction of sp³-hybridized carbons (Fsp3) is 0.391. The number of carbonyl (C=O) groups is 2. The topological polar surface area (TPSA) is 141 Å². The molecule has 0 saturated heterocycles. The molecule has 0 aromatic heterocycles. The minimum atomic E-state index is -0.641. The van der Waals surface area contributed by atoms with Gasteiger partial charge in [0.2, 0.25) is 0 Å². The second-order valence-corrected chi connectivity index (χ2v) is 7.34. The molecule has 0 atom stereocenters. The van der Waals surface area contributed by atoms with E-state index in [0.717, 1.165) is 54.7 Å². The van der Waals surface area contributed by atoms with Gasteiger partial charge in [0.15, 0.2) is 0 Å². The molecule has 2 rings (SSSR count). The Morgan fingerprint density at radius 1 is 0.606 bits per heavy atom. The number of urea groups is 2. The van der Waals surface area contributed by atoms with Crippen LogP contribution >= 0.6 is 0 Å². The van der Waals surface area contributed by atoms with E-state index in [0.29, 0.717) is 26.3 Å². The normalized spacial score (nSPS) is 10.2. The van der Waals surface area contributed by atoms with Crippen molar-refractivity contribution in [1.82, 2.24) is 21.6 Å². The van der Waals surface area contributed by atoms with Crippen molar-refractivity contribution in [2.24, 2.45) is 0 Å². The van der Waals surface area contributed by atoms with E-state index in [1.165, 1.54) is 11.0 Å². The number of hydroxylamine groups is 2. The number of rotatable bonds is 14. The van der Waals surface area contributed by atoms with E-state index >= 15 is 0 Å². The molecule has 0 aliphatic rings. The Labute approximate surface area is 193 Å². The van der Waals surface area contributed by atoms with Crippen LogP contribution in [0, 0.1) is 0 Å². The molecule has 0 fully saturated rings. The summed E-state index contributed by atoms with van der Waals surface area (Å²) in [6.07, 6.45) is 5.24. The van der Waals surface area contributed by atoms with Gasteiger partial charge in [-0.05, 0) is 48.2 Å². The molecule has 0 spiro atoms. The summed E-state index contributed by atoms with van der Waals surface area (Å²) in [4.78, 5) is 21.9. The Morgan fingerprint density at radius 2 is 0.970 bits per heavy atom. The third kappa shape index (κ3) is 11.1. The van der Waals surface area contributed by atoms with Gasteiger partial charge in [-0.15, -0.1) is 0 Å². The number of unbranched alkanes of at least 4 members (excludes halogenated alkanes) is 4. The molecular weight excluding hydrogens is 428 g/mol. The highest BCUT2D eigenvalue weighted by Gasteiger charge is 2.01. The average molecular weight is 461 g/mol. The zero-order chi connectivity index (χ0) is 23.7. The van der Waals surface area contributed by atoms with Gasteiger partial charge in [0.05, 0.1) is 13.2 Å². The van der Waals surface area contributed by atoms with E-state index in [1.54, 1.807) is 0 Å². The quantitative estimate of drug-likeness (QED) is 0.145. The Morgan fingerprint density at radius 3 is 1.33 bits per heavy atom. The predicted octanol–water partition coefficient (Wildman–Crippen LogP) is 3.47. The first-order valence-electron chi connectivity index (χ1n) is 10.9. The smallest absolute Gasteiger partial charge is 0.338 e. The van der Waals surface area contributed by atoms with E-state index in [9.17, 15) is 9.59 Å². The first-order valence-corrected chi connectivity index (χ1v) is 10.9. The summed E-state index contributed by atoms with van der Waals surface area (Å²) in [7, 11) is 0. The Bertz CT molecular complexity index is 760. The monoisotopic (exact) mass is 460 g/mol. The van der Waals surface area contributed by atoms with Crippen molar-refractivity contribution in [3.8, 4) is 11.5 Å². The molecule has 0 aliphatic carbocycles. The lowest BCUT2D eigenvalue weighted by atomic mass is 10.1. The first kappa shape index (κ1) is 25.8. The van der Waals surface area contributed by atoms with Crippen molar-refractivity contribution < 1.29 is 29.5 Å². The maximum absolute atomic E-state index is 10.9. The van der Waals surface area contributed by atoms with E-state index in [-0.39, 0.29) is 0 Å². The molecule has 33 heavy (non-hydrogen) atoms. The maximum Gasteiger partial charge on any atom is 0.338 e. The highest BCUT2D eigenvalue weighted by Crippen LogP contribution is 2.15. The number of amides is 4. The molecule has 0 bridgehead atoms. The molecule has 10 nitrogen and oxygen atoms in total. The van der Waals surface area contributed by atoms with Crippen molar-refractivity contribution >= 4 is 12.1 Å². The number of hydrogen-bond donors (Lipinski definition) is 6. The predicted molar refractivity (Wildman–Crippen MR) is 121 cm³/mol. The lowest BCUT2D eigenvalue weighted by molar-refractivity contribution is 0.161. The van der Waals surface area contributed by atoms with E-state index in [4.69, 9.17) is 19.9 Å². The summed E-state index contributed by atoms with van der Waals surface area (Å²) in [5, 5.41) is 21.9. The van der Waals surface area contributed by atoms with Crippen molar-refractivity contribution in [3.05, 3.63) is 59.7 Å². The van der Waals surface area contributed by atoms with Crippen LogP contribution in [0.2, 0.25) is 0 Å². The number of carbonyl (C=O) groups excluding carboxylic acids is 2. The Kier molecular flexibility index (Phi) is 12.0. The van der Waals surface area contributed by atoms with Gasteiger partial charge in [-0.25, -0.2) is 20.5 Å². The van der Waals surface area contributed by atoms with Crippen molar-refractivity contribution in [1.29, 1.82) is 0 Å². The second-order valence-electron chi connectivity index (χ2n) is 7.34. The summed E-state index contributed by atoms with van der Waals surface area (Å²) < 4.78 is 11.5. The van der Waals surface area contributed by atoms with Crippen LogP contribution in [0.5, 0.6) is 11.5 Å². The number of benzene rings is 2. The first-order chi connectivity index (χ1) is 16.1. The fourth-order valence-electron chi connectivity index (χ4n) is 2.97. The molecule has 4 amide bonds. The molecule has 6 N–H and O–H groups in total. The number of nitrogens with one attached hydrogen (secondary N) is 4. The van der Waals surface area contributed by atoms with Gasteiger partial charge in [0, 0.05) is 13.1 Å². The molecule has 0 saturated carbocycles. The van der Waals surface area contributed by atoms with Crippen LogP contribution in [0.4, 0.5) is 9.59 Å². The van der Waals surface area contributed by atoms with Crippen LogP contribution in [0.25, 0.3) is 0 Å². The van der Waals surface area contributed by atoms with Crippen LogP contribution in [-0.2, 0) is 13.1 Å². The number of ether oxygens (including phenoxy) is 2. The fourth-order valence-corrected chi connectivity index (χ4v) is 2.97. The van der Waals surface area contributed by atoms with Crippen LogP contribution in [0.1, 0.15) is 43.2 Å². The molecule has 180 valence electrons. The maximum atomic E-state index is 10.9. The summed E-state index contributed by atoms with van der Waals surface area (Å²) >= 11 is 0. The van der Waals surface area contributed by atoms with E-state index in [1.807, 2.05) is 48.5 Å². The molecule has 2 aromatic rings. The largest absolute Gasteiger partial charge is 0.494 e. The molecule has 0 unspecified atom stereocenters. The zero-order valence-corrected chi connectivity index (χ0v) is 18.5. The second kappa shape index (κ2) is 15.3. The van der Waals surface area contributed by atoms with Gasteiger partial charge in [0.1, 0.15) is 11.5 Å². The minimum absolute atomic E-state index is 0.324. The highest BCUT2D eigenvalue weighted by atomic mass is 16.5. The molecule has 2 aromatic carbocycles. The average Bonchev–Trinajstić information content (AvgIpc) is 2.86. The van der Waals surface area contributed by atoms with Crippen LogP contribution in [0.3, 0.4) is 0 Å². The van der Waals surface area contributed by atoms with Gasteiger partial charge in [-0.2, -0.15) is 0 Å². The van der Waals surface area contributed by atoms with Crippen LogP contribution in [-0.4, -0.2) is 35.7 Å². The summed E-state index contributed by atoms with van der Waals surface area (Å²) in [5.41, 5.74) is 4.86. The minimum Gasteiger partial charge on any atom is -0.494 e. The van der Waals surface area contributed by atoms with Crippen molar-refractivity contribution in [2.45, 2.75) is 45.2 Å². The summed E-state index contributed by atoms with van der Waals surface area (Å²) in [6.45, 7) is 1.96. The zero-order valence-electron chi connectivity index (χ0n) is 18.5. The molecule has 0 aliphatic heterocycles. The van der Waals surface area contributed by atoms with Crippen LogP contribution in [0.15, 0.2) is 48.5 Å². The molecular formula is C23H32N4O6. The Balaban J connectivity index is 1.47. The molecule has 0 radical (unpaired) electrons. The summed E-state index contributed by atoms with van der Waals surface area (Å²) in [5.74, 6) is 1.58. The van der Waals surface area contributed by atoms with E-state index in [2.05, 4.69) is 10.6 Å². The highest BCUT2D eigenvalue weighted by molar-refractivity contribution is 5.72. The Hall–Kier alpha value is -3.50. The molecule has 10 heteroatoms. The van der Waals surface area contributed by atoms with Gasteiger partial charge < -0.3 is 20.1 Å². The van der Waals surface area contributed by atoms with E-state index < -0.39 is 12.1 Å². The number of hydrogen-bond acceptors (Lipinski definition) is 6. The third-order valence-corrected chi connectivity index (χ3v) is 4.78. The lowest BCUT2D eigenvalue weighted by Gasteiger charge is -2.09.